The first kappa shape index (κ1) is 24.6. The summed E-state index contributed by atoms with van der Waals surface area (Å²) in [5.41, 5.74) is -1.14. The van der Waals surface area contributed by atoms with E-state index in [2.05, 4.69) is 9.97 Å². The van der Waals surface area contributed by atoms with Gasteiger partial charge in [-0.25, -0.2) is 14.8 Å². The Kier molecular flexibility index (Phi) is 6.43. The molecule has 1 amide bonds. The highest BCUT2D eigenvalue weighted by atomic mass is 19.4. The van der Waals surface area contributed by atoms with Crippen LogP contribution in [0.1, 0.15) is 59.1 Å². The van der Waals surface area contributed by atoms with Gasteiger partial charge in [0.25, 0.3) is 0 Å². The number of piperazine rings is 1. The first-order valence-corrected chi connectivity index (χ1v) is 11.6. The molecule has 0 saturated carbocycles. The summed E-state index contributed by atoms with van der Waals surface area (Å²) >= 11 is 0. The van der Waals surface area contributed by atoms with Crippen LogP contribution in [0.2, 0.25) is 0 Å². The predicted molar refractivity (Wildman–Crippen MR) is 121 cm³/mol. The molecule has 0 aromatic carbocycles. The number of hydrogen-bond donors (Lipinski definition) is 0. The van der Waals surface area contributed by atoms with E-state index in [1.54, 1.807) is 30.2 Å². The van der Waals surface area contributed by atoms with Crippen molar-refractivity contribution in [1.82, 2.24) is 19.4 Å². The number of nitrogens with zero attached hydrogens (tertiary/aromatic N) is 5. The third kappa shape index (κ3) is 4.80. The van der Waals surface area contributed by atoms with Crippen LogP contribution in [0.5, 0.6) is 0 Å². The highest BCUT2D eigenvalue weighted by Crippen LogP contribution is 2.41. The lowest BCUT2D eigenvalue weighted by Gasteiger charge is -2.44. The van der Waals surface area contributed by atoms with Crippen molar-refractivity contribution in [3.63, 3.8) is 0 Å². The van der Waals surface area contributed by atoms with Gasteiger partial charge in [0.15, 0.2) is 0 Å². The quantitative estimate of drug-likeness (QED) is 0.620. The summed E-state index contributed by atoms with van der Waals surface area (Å²) < 4.78 is 55.1. The fourth-order valence-corrected chi connectivity index (χ4v) is 4.72. The highest BCUT2D eigenvalue weighted by molar-refractivity contribution is 5.92. The minimum absolute atomic E-state index is 0.00894. The number of aromatic nitrogens is 3. The molecule has 0 unspecified atom stereocenters. The lowest BCUT2D eigenvalue weighted by Crippen LogP contribution is -2.59. The first-order valence-electron chi connectivity index (χ1n) is 11.6. The van der Waals surface area contributed by atoms with Crippen molar-refractivity contribution < 1.29 is 27.4 Å². The Balaban J connectivity index is 1.72. The van der Waals surface area contributed by atoms with Crippen molar-refractivity contribution in [3.8, 4) is 0 Å². The van der Waals surface area contributed by atoms with Crippen LogP contribution >= 0.6 is 0 Å². The lowest BCUT2D eigenvalue weighted by atomic mass is 10.1. The molecule has 0 spiro atoms. The SMILES string of the molecule is C[C@@H]1CN(c2ncnc3c2c(C(F)(F)F)cn3[C@H]2CCCOC2)[C@@H](C)CN1C(=O)OC(C)(C)C. The van der Waals surface area contributed by atoms with Crippen molar-refractivity contribution in [2.75, 3.05) is 31.2 Å². The van der Waals surface area contributed by atoms with E-state index in [1.807, 2.05) is 18.7 Å². The van der Waals surface area contributed by atoms with E-state index in [1.165, 1.54) is 6.33 Å². The van der Waals surface area contributed by atoms with Crippen molar-refractivity contribution >= 4 is 22.9 Å². The van der Waals surface area contributed by atoms with Gasteiger partial charge in [-0.2, -0.15) is 13.2 Å². The second kappa shape index (κ2) is 8.90. The number of alkyl halides is 3. The summed E-state index contributed by atoms with van der Waals surface area (Å²) in [7, 11) is 0. The topological polar surface area (TPSA) is 72.7 Å². The Morgan fingerprint density at radius 2 is 1.88 bits per heavy atom. The molecule has 2 saturated heterocycles. The van der Waals surface area contributed by atoms with E-state index >= 15 is 0 Å². The maximum atomic E-state index is 14.2. The molecule has 34 heavy (non-hydrogen) atoms. The van der Waals surface area contributed by atoms with E-state index in [9.17, 15) is 18.0 Å². The van der Waals surface area contributed by atoms with Gasteiger partial charge >= 0.3 is 12.3 Å². The normalized spacial score (nSPS) is 24.5. The van der Waals surface area contributed by atoms with E-state index in [0.29, 0.717) is 26.3 Å². The van der Waals surface area contributed by atoms with Crippen LogP contribution in [-0.2, 0) is 15.7 Å². The average Bonchev–Trinajstić information content (AvgIpc) is 3.15. The van der Waals surface area contributed by atoms with Gasteiger partial charge in [-0.15, -0.1) is 0 Å². The van der Waals surface area contributed by atoms with Gasteiger partial charge in [-0.05, 0) is 47.5 Å². The molecule has 2 aromatic rings. The molecule has 0 bridgehead atoms. The molecule has 2 fully saturated rings. The molecule has 4 heterocycles. The third-order valence-electron chi connectivity index (χ3n) is 6.31. The summed E-state index contributed by atoms with van der Waals surface area (Å²) in [6.45, 7) is 10.7. The molecule has 0 aliphatic carbocycles. The summed E-state index contributed by atoms with van der Waals surface area (Å²) in [6, 6.07) is -0.765. The second-order valence-corrected chi connectivity index (χ2v) is 10.2. The Labute approximate surface area is 197 Å². The van der Waals surface area contributed by atoms with Crippen LogP contribution in [0.15, 0.2) is 12.5 Å². The summed E-state index contributed by atoms with van der Waals surface area (Å²) in [4.78, 5) is 24.7. The van der Waals surface area contributed by atoms with E-state index in [0.717, 1.165) is 19.0 Å². The van der Waals surface area contributed by atoms with Gasteiger partial charge in [0.2, 0.25) is 0 Å². The fourth-order valence-electron chi connectivity index (χ4n) is 4.72. The summed E-state index contributed by atoms with van der Waals surface area (Å²) in [6.07, 6.45) is -1.03. The average molecular weight is 484 g/mol. The van der Waals surface area contributed by atoms with Crippen molar-refractivity contribution in [2.24, 2.45) is 0 Å². The molecule has 8 nitrogen and oxygen atoms in total. The molecule has 2 aliphatic rings. The molecule has 188 valence electrons. The maximum Gasteiger partial charge on any atom is 0.418 e. The predicted octanol–water partition coefficient (Wildman–Crippen LogP) is 4.64. The smallest absolute Gasteiger partial charge is 0.418 e. The number of anilines is 1. The zero-order chi connectivity index (χ0) is 24.8. The molecular formula is C23H32F3N5O3. The van der Waals surface area contributed by atoms with Crippen LogP contribution in [0.4, 0.5) is 23.8 Å². The molecule has 0 radical (unpaired) electrons. The zero-order valence-electron chi connectivity index (χ0n) is 20.2. The highest BCUT2D eigenvalue weighted by Gasteiger charge is 2.41. The molecule has 4 rings (SSSR count). The molecular weight excluding hydrogens is 451 g/mol. The number of rotatable bonds is 2. The van der Waals surface area contributed by atoms with Crippen LogP contribution in [0.25, 0.3) is 11.0 Å². The monoisotopic (exact) mass is 483 g/mol. The van der Waals surface area contributed by atoms with Crippen molar-refractivity contribution in [2.45, 2.75) is 77.4 Å². The van der Waals surface area contributed by atoms with Gasteiger partial charge in [-0.3, -0.25) is 0 Å². The Hall–Kier alpha value is -2.56. The van der Waals surface area contributed by atoms with Crippen LogP contribution < -0.4 is 4.90 Å². The largest absolute Gasteiger partial charge is 0.444 e. The summed E-state index contributed by atoms with van der Waals surface area (Å²) in [5, 5.41) is -0.00894. The van der Waals surface area contributed by atoms with Gasteiger partial charge < -0.3 is 23.8 Å². The molecule has 11 heteroatoms. The summed E-state index contributed by atoms with van der Waals surface area (Å²) in [5.74, 6) is 0.232. The Morgan fingerprint density at radius 1 is 1.15 bits per heavy atom. The number of carbonyl (C=O) groups is 1. The van der Waals surface area contributed by atoms with Crippen molar-refractivity contribution in [1.29, 1.82) is 0 Å². The Morgan fingerprint density at radius 3 is 2.50 bits per heavy atom. The standard InChI is InChI=1S/C23H32F3N5O3/c1-14-10-30(21(32)34-22(3,4)5)15(2)9-29(14)19-18-17(23(24,25)26)11-31(20(18)28-13-27-19)16-7-6-8-33-12-16/h11,13-16H,6-10,12H2,1-5H3/t14-,15+,16-/m0/s1. The molecule has 3 atom stereocenters. The van der Waals surface area contributed by atoms with Crippen molar-refractivity contribution in [3.05, 3.63) is 18.1 Å². The van der Waals surface area contributed by atoms with Crippen LogP contribution in [-0.4, -0.2) is 69.5 Å². The number of hydrogen-bond acceptors (Lipinski definition) is 6. The zero-order valence-corrected chi connectivity index (χ0v) is 20.2. The van der Waals surface area contributed by atoms with E-state index in [-0.39, 0.29) is 35.0 Å². The number of ether oxygens (including phenoxy) is 2. The van der Waals surface area contributed by atoms with Crippen LogP contribution in [0.3, 0.4) is 0 Å². The first-order chi connectivity index (χ1) is 15.9. The maximum absolute atomic E-state index is 14.2. The van der Waals surface area contributed by atoms with Gasteiger partial charge in [0.05, 0.1) is 23.6 Å². The van der Waals surface area contributed by atoms with Gasteiger partial charge in [0.1, 0.15) is 23.4 Å². The van der Waals surface area contributed by atoms with E-state index < -0.39 is 23.4 Å². The number of fused-ring (bicyclic) bond motifs is 1. The number of amides is 1. The number of carbonyl (C=O) groups excluding carboxylic acids is 1. The Bertz CT molecular complexity index is 1040. The lowest BCUT2D eigenvalue weighted by molar-refractivity contribution is -0.136. The van der Waals surface area contributed by atoms with Gasteiger partial charge in [0, 0.05) is 38.0 Å². The van der Waals surface area contributed by atoms with Gasteiger partial charge in [-0.1, -0.05) is 0 Å². The second-order valence-electron chi connectivity index (χ2n) is 10.2. The third-order valence-corrected chi connectivity index (χ3v) is 6.31. The molecule has 2 aliphatic heterocycles. The van der Waals surface area contributed by atoms with E-state index in [4.69, 9.17) is 9.47 Å². The number of halogens is 3. The molecule has 0 N–H and O–H groups in total. The minimum Gasteiger partial charge on any atom is -0.444 e. The minimum atomic E-state index is -4.56. The van der Waals surface area contributed by atoms with Crippen LogP contribution in [0, 0.1) is 0 Å². The fraction of sp³-hybridized carbons (Fsp3) is 0.696. The molecule has 2 aromatic heterocycles.